The molecular formula is C11H12N4O2. The van der Waals surface area contributed by atoms with Gasteiger partial charge in [-0.1, -0.05) is 12.1 Å². The molecule has 0 saturated heterocycles. The second-order valence-electron chi connectivity index (χ2n) is 3.64. The highest BCUT2D eigenvalue weighted by Crippen LogP contribution is 2.19. The van der Waals surface area contributed by atoms with Gasteiger partial charge in [0.25, 0.3) is 0 Å². The van der Waals surface area contributed by atoms with Gasteiger partial charge in [-0.25, -0.2) is 9.48 Å². The summed E-state index contributed by atoms with van der Waals surface area (Å²) in [4.78, 5) is 10.5. The SMILES string of the molecule is Cc1cccc(-n2cc(NC(=O)O)c(N)n2)c1. The Hall–Kier alpha value is -2.50. The molecule has 1 aromatic heterocycles. The number of rotatable bonds is 2. The molecule has 4 N–H and O–H groups in total. The van der Waals surface area contributed by atoms with Crippen molar-refractivity contribution in [3.05, 3.63) is 36.0 Å². The van der Waals surface area contributed by atoms with Crippen molar-refractivity contribution in [3.8, 4) is 5.69 Å². The van der Waals surface area contributed by atoms with Gasteiger partial charge in [0.2, 0.25) is 0 Å². The third-order valence-corrected chi connectivity index (χ3v) is 2.25. The molecule has 2 aromatic rings. The number of aromatic nitrogens is 2. The van der Waals surface area contributed by atoms with Gasteiger partial charge < -0.3 is 10.8 Å². The highest BCUT2D eigenvalue weighted by molar-refractivity contribution is 5.86. The Kier molecular flexibility index (Phi) is 2.70. The Balaban J connectivity index is 2.37. The first-order valence-electron chi connectivity index (χ1n) is 4.98. The summed E-state index contributed by atoms with van der Waals surface area (Å²) in [5.74, 6) is 0.147. The maximum Gasteiger partial charge on any atom is 0.409 e. The van der Waals surface area contributed by atoms with E-state index in [2.05, 4.69) is 10.4 Å². The molecular weight excluding hydrogens is 220 g/mol. The number of nitrogens with two attached hydrogens (primary N) is 1. The van der Waals surface area contributed by atoms with E-state index in [0.717, 1.165) is 11.3 Å². The molecule has 88 valence electrons. The Morgan fingerprint density at radius 2 is 2.29 bits per heavy atom. The Morgan fingerprint density at radius 3 is 2.94 bits per heavy atom. The normalized spacial score (nSPS) is 10.2. The van der Waals surface area contributed by atoms with Gasteiger partial charge in [0.15, 0.2) is 5.82 Å². The van der Waals surface area contributed by atoms with E-state index in [9.17, 15) is 4.79 Å². The van der Waals surface area contributed by atoms with Crippen LogP contribution >= 0.6 is 0 Å². The molecule has 2 rings (SSSR count). The molecule has 0 fully saturated rings. The fraction of sp³-hybridized carbons (Fsp3) is 0.0909. The van der Waals surface area contributed by atoms with E-state index < -0.39 is 6.09 Å². The summed E-state index contributed by atoms with van der Waals surface area (Å²) in [5, 5.41) is 14.8. The van der Waals surface area contributed by atoms with E-state index in [-0.39, 0.29) is 11.5 Å². The van der Waals surface area contributed by atoms with E-state index in [1.54, 1.807) is 0 Å². The fourth-order valence-corrected chi connectivity index (χ4v) is 1.50. The van der Waals surface area contributed by atoms with Crippen LogP contribution in [0.5, 0.6) is 0 Å². The molecule has 6 nitrogen and oxygen atoms in total. The van der Waals surface area contributed by atoms with Gasteiger partial charge in [-0.2, -0.15) is 0 Å². The Morgan fingerprint density at radius 1 is 1.53 bits per heavy atom. The zero-order valence-electron chi connectivity index (χ0n) is 9.21. The standard InChI is InChI=1S/C11H12N4O2/c1-7-3-2-4-8(5-7)15-6-9(10(12)14-15)13-11(16)17/h2-6,13H,1H3,(H2,12,14)(H,16,17). The van der Waals surface area contributed by atoms with Crippen molar-refractivity contribution in [2.24, 2.45) is 0 Å². The number of hydrogen-bond acceptors (Lipinski definition) is 3. The van der Waals surface area contributed by atoms with Crippen molar-refractivity contribution in [1.82, 2.24) is 9.78 Å². The van der Waals surface area contributed by atoms with Crippen LogP contribution in [-0.4, -0.2) is 21.0 Å². The van der Waals surface area contributed by atoms with Crippen molar-refractivity contribution in [2.75, 3.05) is 11.1 Å². The van der Waals surface area contributed by atoms with Gasteiger partial charge in [0.05, 0.1) is 11.9 Å². The zero-order chi connectivity index (χ0) is 12.4. The summed E-state index contributed by atoms with van der Waals surface area (Å²) < 4.78 is 1.54. The first-order chi connectivity index (χ1) is 8.06. The number of carbonyl (C=O) groups is 1. The number of benzene rings is 1. The van der Waals surface area contributed by atoms with Gasteiger partial charge in [-0.3, -0.25) is 5.32 Å². The van der Waals surface area contributed by atoms with Crippen molar-refractivity contribution < 1.29 is 9.90 Å². The van der Waals surface area contributed by atoms with Crippen molar-refractivity contribution in [3.63, 3.8) is 0 Å². The minimum absolute atomic E-state index is 0.147. The van der Waals surface area contributed by atoms with Crippen LogP contribution in [0.25, 0.3) is 5.69 Å². The van der Waals surface area contributed by atoms with Crippen LogP contribution < -0.4 is 11.1 Å². The predicted molar refractivity (Wildman–Crippen MR) is 64.4 cm³/mol. The second kappa shape index (κ2) is 4.17. The Labute approximate surface area is 97.7 Å². The molecule has 0 bridgehead atoms. The number of nitrogens with one attached hydrogen (secondary N) is 1. The monoisotopic (exact) mass is 232 g/mol. The van der Waals surface area contributed by atoms with Crippen LogP contribution in [0, 0.1) is 6.92 Å². The molecule has 0 aliphatic heterocycles. The third-order valence-electron chi connectivity index (χ3n) is 2.25. The molecule has 0 radical (unpaired) electrons. The zero-order valence-corrected chi connectivity index (χ0v) is 9.21. The summed E-state index contributed by atoms with van der Waals surface area (Å²) >= 11 is 0. The molecule has 1 aromatic carbocycles. The van der Waals surface area contributed by atoms with Gasteiger partial charge in [-0.05, 0) is 24.6 Å². The molecule has 0 spiro atoms. The number of amides is 1. The number of aryl methyl sites for hydroxylation is 1. The van der Waals surface area contributed by atoms with Gasteiger partial charge in [0, 0.05) is 0 Å². The number of nitrogen functional groups attached to an aromatic ring is 1. The quantitative estimate of drug-likeness (QED) is 0.736. The van der Waals surface area contributed by atoms with Gasteiger partial charge in [-0.15, -0.1) is 5.10 Å². The highest BCUT2D eigenvalue weighted by Gasteiger charge is 2.09. The van der Waals surface area contributed by atoms with Crippen LogP contribution in [0.4, 0.5) is 16.3 Å². The summed E-state index contributed by atoms with van der Waals surface area (Å²) in [6.07, 6.45) is 0.374. The lowest BCUT2D eigenvalue weighted by molar-refractivity contribution is 0.210. The van der Waals surface area contributed by atoms with Crippen LogP contribution in [-0.2, 0) is 0 Å². The molecule has 0 saturated carbocycles. The average molecular weight is 232 g/mol. The molecule has 6 heteroatoms. The van der Waals surface area contributed by atoms with Crippen molar-refractivity contribution in [1.29, 1.82) is 0 Å². The molecule has 1 heterocycles. The molecule has 0 unspecified atom stereocenters. The molecule has 0 aliphatic carbocycles. The van der Waals surface area contributed by atoms with Gasteiger partial charge in [0.1, 0.15) is 5.69 Å². The summed E-state index contributed by atoms with van der Waals surface area (Å²) in [7, 11) is 0. The third kappa shape index (κ3) is 2.36. The summed E-state index contributed by atoms with van der Waals surface area (Å²) in [5.41, 5.74) is 7.80. The maximum atomic E-state index is 10.5. The van der Waals surface area contributed by atoms with Crippen LogP contribution in [0.2, 0.25) is 0 Å². The van der Waals surface area contributed by atoms with Gasteiger partial charge >= 0.3 is 6.09 Å². The molecule has 1 amide bonds. The van der Waals surface area contributed by atoms with E-state index in [1.165, 1.54) is 10.9 Å². The average Bonchev–Trinajstić information content (AvgIpc) is 2.59. The van der Waals surface area contributed by atoms with Crippen molar-refractivity contribution >= 4 is 17.6 Å². The van der Waals surface area contributed by atoms with E-state index in [4.69, 9.17) is 10.8 Å². The maximum absolute atomic E-state index is 10.5. The topological polar surface area (TPSA) is 93.2 Å². The lowest BCUT2D eigenvalue weighted by Gasteiger charge is -2.01. The fourth-order valence-electron chi connectivity index (χ4n) is 1.50. The van der Waals surface area contributed by atoms with Crippen LogP contribution in [0.3, 0.4) is 0 Å². The largest absolute Gasteiger partial charge is 0.465 e. The van der Waals surface area contributed by atoms with Crippen LogP contribution in [0.15, 0.2) is 30.5 Å². The second-order valence-corrected chi connectivity index (χ2v) is 3.64. The molecule has 0 atom stereocenters. The minimum Gasteiger partial charge on any atom is -0.465 e. The molecule has 17 heavy (non-hydrogen) atoms. The Bertz CT molecular complexity index is 562. The minimum atomic E-state index is -1.17. The van der Waals surface area contributed by atoms with E-state index in [0.29, 0.717) is 0 Å². The highest BCUT2D eigenvalue weighted by atomic mass is 16.4. The number of carboxylic acid groups (broad SMARTS) is 1. The number of nitrogens with zero attached hydrogens (tertiary/aromatic N) is 2. The van der Waals surface area contributed by atoms with E-state index in [1.807, 2.05) is 31.2 Å². The lowest BCUT2D eigenvalue weighted by Crippen LogP contribution is -2.07. The molecule has 0 aliphatic rings. The number of anilines is 2. The number of hydrogen-bond donors (Lipinski definition) is 3. The first kappa shape index (κ1) is 11.0. The summed E-state index contributed by atoms with van der Waals surface area (Å²) in [6.45, 7) is 1.97. The van der Waals surface area contributed by atoms with Crippen LogP contribution in [0.1, 0.15) is 5.56 Å². The lowest BCUT2D eigenvalue weighted by atomic mass is 10.2. The smallest absolute Gasteiger partial charge is 0.409 e. The summed E-state index contributed by atoms with van der Waals surface area (Å²) in [6, 6.07) is 7.65. The van der Waals surface area contributed by atoms with Crippen molar-refractivity contribution in [2.45, 2.75) is 6.92 Å². The first-order valence-corrected chi connectivity index (χ1v) is 4.98. The van der Waals surface area contributed by atoms with E-state index >= 15 is 0 Å². The predicted octanol–water partition coefficient (Wildman–Crippen LogP) is 1.85.